The minimum atomic E-state index is 0.745. The maximum atomic E-state index is 5.56. The van der Waals surface area contributed by atoms with Crippen molar-refractivity contribution in [2.24, 2.45) is 17.6 Å². The van der Waals surface area contributed by atoms with Crippen LogP contribution in [0.5, 0.6) is 0 Å². The number of nitrogens with one attached hydrogen (secondary N) is 1. The van der Waals surface area contributed by atoms with Gasteiger partial charge in [0.1, 0.15) is 0 Å². The van der Waals surface area contributed by atoms with E-state index in [9.17, 15) is 0 Å². The molecule has 0 aromatic rings. The molecule has 2 heteroatoms. The third-order valence-corrected chi connectivity index (χ3v) is 2.31. The van der Waals surface area contributed by atoms with E-state index < -0.39 is 0 Å². The summed E-state index contributed by atoms with van der Waals surface area (Å²) in [5, 5.41) is 3.34. The maximum absolute atomic E-state index is 5.56. The summed E-state index contributed by atoms with van der Waals surface area (Å²) in [5.41, 5.74) is 5.56. The van der Waals surface area contributed by atoms with Gasteiger partial charge in [0.25, 0.3) is 0 Å². The predicted molar refractivity (Wildman–Crippen MR) is 39.2 cm³/mol. The van der Waals surface area contributed by atoms with E-state index in [1.54, 1.807) is 0 Å². The molecule has 1 aliphatic rings. The average molecular weight is 128 g/mol. The van der Waals surface area contributed by atoms with Crippen molar-refractivity contribution in [2.75, 3.05) is 19.6 Å². The summed E-state index contributed by atoms with van der Waals surface area (Å²) >= 11 is 0. The molecule has 54 valence electrons. The minimum Gasteiger partial charge on any atom is -0.330 e. The molecule has 9 heavy (non-hydrogen) atoms. The van der Waals surface area contributed by atoms with E-state index in [0.717, 1.165) is 24.9 Å². The zero-order valence-electron chi connectivity index (χ0n) is 6.06. The summed E-state index contributed by atoms with van der Waals surface area (Å²) in [6.07, 6.45) is 1.27. The molecule has 1 rings (SSSR count). The lowest BCUT2D eigenvalue weighted by Crippen LogP contribution is -2.21. The van der Waals surface area contributed by atoms with E-state index in [-0.39, 0.29) is 0 Å². The van der Waals surface area contributed by atoms with E-state index in [4.69, 9.17) is 5.73 Å². The van der Waals surface area contributed by atoms with Crippen molar-refractivity contribution in [2.45, 2.75) is 13.3 Å². The van der Waals surface area contributed by atoms with Crippen molar-refractivity contribution in [3.63, 3.8) is 0 Å². The van der Waals surface area contributed by atoms with Crippen LogP contribution in [0.3, 0.4) is 0 Å². The highest BCUT2D eigenvalue weighted by Gasteiger charge is 2.23. The molecule has 0 amide bonds. The third-order valence-electron chi connectivity index (χ3n) is 2.31. The first-order valence-corrected chi connectivity index (χ1v) is 3.79. The molecule has 1 aliphatic heterocycles. The second-order valence-corrected chi connectivity index (χ2v) is 2.82. The van der Waals surface area contributed by atoms with Crippen LogP contribution in [-0.2, 0) is 0 Å². The van der Waals surface area contributed by atoms with Gasteiger partial charge in [-0.25, -0.2) is 0 Å². The van der Waals surface area contributed by atoms with Gasteiger partial charge in [-0.1, -0.05) is 13.3 Å². The van der Waals surface area contributed by atoms with Crippen LogP contribution in [0.1, 0.15) is 13.3 Å². The Hall–Kier alpha value is -0.0800. The van der Waals surface area contributed by atoms with E-state index in [1.165, 1.54) is 13.0 Å². The Morgan fingerprint density at radius 3 is 2.56 bits per heavy atom. The number of hydrogen-bond donors (Lipinski definition) is 2. The standard InChI is InChI=1S/C7H16N2/c1-2-6-4-9-5-7(6)3-8/h6-7,9H,2-5,8H2,1H3/t6-,7+/m1/s1. The van der Waals surface area contributed by atoms with Crippen molar-refractivity contribution in [1.82, 2.24) is 5.32 Å². The molecule has 0 spiro atoms. The molecule has 1 fully saturated rings. The minimum absolute atomic E-state index is 0.745. The Morgan fingerprint density at radius 1 is 1.44 bits per heavy atom. The maximum Gasteiger partial charge on any atom is -0.000520 e. The fraction of sp³-hybridized carbons (Fsp3) is 1.00. The van der Waals surface area contributed by atoms with E-state index in [1.807, 2.05) is 0 Å². The summed E-state index contributed by atoms with van der Waals surface area (Å²) < 4.78 is 0. The zero-order valence-corrected chi connectivity index (χ0v) is 6.06. The Morgan fingerprint density at radius 2 is 2.11 bits per heavy atom. The second-order valence-electron chi connectivity index (χ2n) is 2.82. The highest BCUT2D eigenvalue weighted by Crippen LogP contribution is 2.17. The van der Waals surface area contributed by atoms with E-state index in [2.05, 4.69) is 12.2 Å². The topological polar surface area (TPSA) is 38.0 Å². The normalized spacial score (nSPS) is 35.3. The molecular weight excluding hydrogens is 112 g/mol. The van der Waals surface area contributed by atoms with Crippen molar-refractivity contribution >= 4 is 0 Å². The Labute approximate surface area is 56.8 Å². The van der Waals surface area contributed by atoms with E-state index >= 15 is 0 Å². The lowest BCUT2D eigenvalue weighted by molar-refractivity contribution is 0.416. The third kappa shape index (κ3) is 1.43. The molecule has 2 atom stereocenters. The summed E-state index contributed by atoms with van der Waals surface area (Å²) in [6, 6.07) is 0. The molecular formula is C7H16N2. The molecule has 1 heterocycles. The zero-order chi connectivity index (χ0) is 6.69. The second kappa shape index (κ2) is 3.18. The predicted octanol–water partition coefficient (Wildman–Crippen LogP) is 0.191. The van der Waals surface area contributed by atoms with Crippen LogP contribution in [0, 0.1) is 11.8 Å². The van der Waals surface area contributed by atoms with Crippen LogP contribution in [0.15, 0.2) is 0 Å². The largest absolute Gasteiger partial charge is 0.330 e. The fourth-order valence-corrected chi connectivity index (χ4v) is 1.54. The fourth-order valence-electron chi connectivity index (χ4n) is 1.54. The van der Waals surface area contributed by atoms with Gasteiger partial charge in [-0.3, -0.25) is 0 Å². The molecule has 0 unspecified atom stereocenters. The summed E-state index contributed by atoms with van der Waals surface area (Å²) in [7, 11) is 0. The van der Waals surface area contributed by atoms with Crippen LogP contribution in [0.4, 0.5) is 0 Å². The van der Waals surface area contributed by atoms with E-state index in [0.29, 0.717) is 0 Å². The number of nitrogens with two attached hydrogens (primary N) is 1. The SMILES string of the molecule is CC[C@@H]1CNC[C@@H]1CN. The van der Waals surface area contributed by atoms with Gasteiger partial charge < -0.3 is 11.1 Å². The smallest absolute Gasteiger partial charge is 0.000520 e. The molecule has 0 aliphatic carbocycles. The highest BCUT2D eigenvalue weighted by molar-refractivity contribution is 4.80. The Kier molecular flexibility index (Phi) is 2.49. The summed E-state index contributed by atoms with van der Waals surface area (Å²) in [6.45, 7) is 5.40. The van der Waals surface area contributed by atoms with Crippen molar-refractivity contribution in [3.8, 4) is 0 Å². The molecule has 3 N–H and O–H groups in total. The first-order chi connectivity index (χ1) is 4.38. The summed E-state index contributed by atoms with van der Waals surface area (Å²) in [5.74, 6) is 1.59. The lowest BCUT2D eigenvalue weighted by Gasteiger charge is -2.12. The quantitative estimate of drug-likeness (QED) is 0.557. The molecule has 2 nitrogen and oxygen atoms in total. The van der Waals surface area contributed by atoms with Gasteiger partial charge in [-0.15, -0.1) is 0 Å². The Bertz CT molecular complexity index is 73.0. The van der Waals surface area contributed by atoms with Gasteiger partial charge in [-0.05, 0) is 31.5 Å². The van der Waals surface area contributed by atoms with Crippen LogP contribution in [0.25, 0.3) is 0 Å². The molecule has 1 saturated heterocycles. The van der Waals surface area contributed by atoms with Gasteiger partial charge in [0.05, 0.1) is 0 Å². The van der Waals surface area contributed by atoms with Crippen LogP contribution in [-0.4, -0.2) is 19.6 Å². The monoisotopic (exact) mass is 128 g/mol. The molecule has 0 bridgehead atoms. The average Bonchev–Trinajstić information content (AvgIpc) is 2.33. The van der Waals surface area contributed by atoms with Gasteiger partial charge >= 0.3 is 0 Å². The molecule has 0 aromatic carbocycles. The van der Waals surface area contributed by atoms with Gasteiger partial charge in [0.2, 0.25) is 0 Å². The first-order valence-electron chi connectivity index (χ1n) is 3.79. The lowest BCUT2D eigenvalue weighted by atomic mass is 9.94. The Balaban J connectivity index is 2.32. The molecule has 0 radical (unpaired) electrons. The van der Waals surface area contributed by atoms with Gasteiger partial charge in [-0.2, -0.15) is 0 Å². The number of rotatable bonds is 2. The van der Waals surface area contributed by atoms with Crippen LogP contribution in [0.2, 0.25) is 0 Å². The molecule has 0 aromatic heterocycles. The van der Waals surface area contributed by atoms with Crippen molar-refractivity contribution in [3.05, 3.63) is 0 Å². The van der Waals surface area contributed by atoms with Crippen LogP contribution < -0.4 is 11.1 Å². The molecule has 0 saturated carbocycles. The summed E-state index contributed by atoms with van der Waals surface area (Å²) in [4.78, 5) is 0. The van der Waals surface area contributed by atoms with Crippen molar-refractivity contribution in [1.29, 1.82) is 0 Å². The van der Waals surface area contributed by atoms with Crippen molar-refractivity contribution < 1.29 is 0 Å². The van der Waals surface area contributed by atoms with Gasteiger partial charge in [0.15, 0.2) is 0 Å². The first kappa shape index (κ1) is 7.03. The van der Waals surface area contributed by atoms with Crippen LogP contribution >= 0.6 is 0 Å². The van der Waals surface area contributed by atoms with Gasteiger partial charge in [0, 0.05) is 0 Å². The highest BCUT2D eigenvalue weighted by atomic mass is 14.9. The number of hydrogen-bond acceptors (Lipinski definition) is 2.